The molecule has 0 atom stereocenters. The van der Waals surface area contributed by atoms with Gasteiger partial charge in [-0.25, -0.2) is 8.42 Å². The first-order chi connectivity index (χ1) is 15.8. The summed E-state index contributed by atoms with van der Waals surface area (Å²) in [6.45, 7) is 2.38. The minimum absolute atomic E-state index is 0.0456. The summed E-state index contributed by atoms with van der Waals surface area (Å²) in [4.78, 5) is 16.6. The number of ether oxygens (including phenoxy) is 2. The van der Waals surface area contributed by atoms with Crippen molar-refractivity contribution in [3.05, 3.63) is 64.0 Å². The maximum absolute atomic E-state index is 13.1. The Bertz CT molecular complexity index is 1270. The maximum atomic E-state index is 13.1. The lowest BCUT2D eigenvalue weighted by molar-refractivity contribution is 0.1000. The van der Waals surface area contributed by atoms with E-state index in [4.69, 9.17) is 21.1 Å². The monoisotopic (exact) mass is 505 g/mol. The molecule has 0 radical (unpaired) electrons. The first kappa shape index (κ1) is 23.6. The van der Waals surface area contributed by atoms with E-state index in [1.165, 1.54) is 18.4 Å². The number of nitrogens with zero attached hydrogens (tertiary/aromatic N) is 1. The minimum Gasteiger partial charge on any atom is -0.493 e. The van der Waals surface area contributed by atoms with Crippen LogP contribution in [-0.2, 0) is 16.4 Å². The molecule has 6 nitrogen and oxygen atoms in total. The van der Waals surface area contributed by atoms with E-state index in [9.17, 15) is 13.2 Å². The number of hydrogen-bond donors (Lipinski definition) is 0. The van der Waals surface area contributed by atoms with Gasteiger partial charge >= 0.3 is 0 Å². The van der Waals surface area contributed by atoms with E-state index in [2.05, 4.69) is 6.07 Å². The number of hydrogen-bond acceptors (Lipinski definition) is 6. The van der Waals surface area contributed by atoms with Gasteiger partial charge < -0.3 is 14.4 Å². The Balaban J connectivity index is 1.45. The van der Waals surface area contributed by atoms with Crippen molar-refractivity contribution in [1.82, 2.24) is 0 Å². The van der Waals surface area contributed by atoms with E-state index in [1.54, 1.807) is 24.0 Å². The zero-order chi connectivity index (χ0) is 23.6. The van der Waals surface area contributed by atoms with Crippen molar-refractivity contribution in [2.45, 2.75) is 19.9 Å². The van der Waals surface area contributed by atoms with Crippen LogP contribution in [0.3, 0.4) is 0 Å². The van der Waals surface area contributed by atoms with Crippen LogP contribution in [0.2, 0.25) is 5.02 Å². The highest BCUT2D eigenvalue weighted by atomic mass is 35.5. The van der Waals surface area contributed by atoms with Crippen molar-refractivity contribution in [3.63, 3.8) is 0 Å². The van der Waals surface area contributed by atoms with Crippen LogP contribution in [0.4, 0.5) is 5.69 Å². The molecule has 0 spiro atoms. The van der Waals surface area contributed by atoms with Gasteiger partial charge in [0.1, 0.15) is 9.84 Å². The fourth-order valence-corrected chi connectivity index (χ4v) is 5.71. The molecule has 0 N–H and O–H groups in total. The van der Waals surface area contributed by atoms with E-state index >= 15 is 0 Å². The standard InChI is InChI=1S/C24H24ClNO5S2/c1-3-33(28,29)12-4-11-31-20-10-9-19(14-21(20)30-2)26-15-17-13-22(32-23(17)24(26)27)16-5-7-18(25)8-6-16/h5-10,13-14H,3-4,11-12,15H2,1-2H3. The van der Waals surface area contributed by atoms with Crippen LogP contribution in [0.15, 0.2) is 48.5 Å². The molecule has 0 saturated carbocycles. The summed E-state index contributed by atoms with van der Waals surface area (Å²) >= 11 is 7.46. The maximum Gasteiger partial charge on any atom is 0.269 e. The lowest BCUT2D eigenvalue weighted by atomic mass is 10.1. The Labute approximate surface area is 202 Å². The quantitative estimate of drug-likeness (QED) is 0.362. The molecule has 0 saturated heterocycles. The molecule has 1 aromatic heterocycles. The number of rotatable bonds is 9. The van der Waals surface area contributed by atoms with E-state index in [-0.39, 0.29) is 24.0 Å². The number of thiophene rings is 1. The van der Waals surface area contributed by atoms with Gasteiger partial charge in [0, 0.05) is 27.4 Å². The molecule has 2 heterocycles. The topological polar surface area (TPSA) is 72.9 Å². The third-order valence-electron chi connectivity index (χ3n) is 5.46. The lowest BCUT2D eigenvalue weighted by Crippen LogP contribution is -2.23. The Kier molecular flexibility index (Phi) is 6.97. The number of sulfone groups is 1. The summed E-state index contributed by atoms with van der Waals surface area (Å²) in [5.41, 5.74) is 2.74. The van der Waals surface area contributed by atoms with E-state index in [0.29, 0.717) is 35.2 Å². The predicted octanol–water partition coefficient (Wildman–Crippen LogP) is 5.44. The van der Waals surface area contributed by atoms with Crippen molar-refractivity contribution < 1.29 is 22.7 Å². The van der Waals surface area contributed by atoms with Gasteiger partial charge in [-0.1, -0.05) is 30.7 Å². The Morgan fingerprint density at radius 2 is 1.85 bits per heavy atom. The molecule has 0 aliphatic carbocycles. The number of carbonyl (C=O) groups excluding carboxylic acids is 1. The number of amides is 1. The van der Waals surface area contributed by atoms with Gasteiger partial charge in [-0.05, 0) is 47.9 Å². The van der Waals surface area contributed by atoms with Crippen molar-refractivity contribution in [2.24, 2.45) is 0 Å². The van der Waals surface area contributed by atoms with Crippen molar-refractivity contribution in [1.29, 1.82) is 0 Å². The highest BCUT2D eigenvalue weighted by Gasteiger charge is 2.32. The van der Waals surface area contributed by atoms with Crippen molar-refractivity contribution in [2.75, 3.05) is 30.1 Å². The number of anilines is 1. The molecular weight excluding hydrogens is 482 g/mol. The summed E-state index contributed by atoms with van der Waals surface area (Å²) in [7, 11) is -1.48. The Hall–Kier alpha value is -2.55. The highest BCUT2D eigenvalue weighted by Crippen LogP contribution is 2.40. The summed E-state index contributed by atoms with van der Waals surface area (Å²) < 4.78 is 34.4. The van der Waals surface area contributed by atoms with Crippen molar-refractivity contribution >= 4 is 44.4 Å². The van der Waals surface area contributed by atoms with E-state index in [1.807, 2.05) is 30.3 Å². The normalized spacial score (nSPS) is 13.3. The second-order valence-corrected chi connectivity index (χ2v) is 11.6. The smallest absolute Gasteiger partial charge is 0.269 e. The highest BCUT2D eigenvalue weighted by molar-refractivity contribution is 7.91. The number of fused-ring (bicyclic) bond motifs is 1. The minimum atomic E-state index is -3.02. The van der Waals surface area contributed by atoms with Crippen LogP contribution < -0.4 is 14.4 Å². The van der Waals surface area contributed by atoms with Crippen LogP contribution in [-0.4, -0.2) is 39.5 Å². The fraction of sp³-hybridized carbons (Fsp3) is 0.292. The molecule has 0 bridgehead atoms. The molecule has 3 aromatic rings. The van der Waals surface area contributed by atoms with Gasteiger partial charge in [-0.2, -0.15) is 0 Å². The van der Waals surface area contributed by atoms with Gasteiger partial charge in [-0.15, -0.1) is 11.3 Å². The summed E-state index contributed by atoms with van der Waals surface area (Å²) in [6.07, 6.45) is 0.405. The molecule has 33 heavy (non-hydrogen) atoms. The summed E-state index contributed by atoms with van der Waals surface area (Å²) in [6, 6.07) is 15.0. The zero-order valence-electron chi connectivity index (χ0n) is 18.3. The molecule has 1 aliphatic heterocycles. The van der Waals surface area contributed by atoms with E-state index < -0.39 is 9.84 Å². The molecule has 0 unspecified atom stereocenters. The number of halogens is 1. The van der Waals surface area contributed by atoms with Crippen LogP contribution in [0, 0.1) is 0 Å². The van der Waals surface area contributed by atoms with Crippen LogP contribution >= 0.6 is 22.9 Å². The van der Waals surface area contributed by atoms with Gasteiger partial charge in [-0.3, -0.25) is 4.79 Å². The van der Waals surface area contributed by atoms with Crippen LogP contribution in [0.25, 0.3) is 10.4 Å². The Morgan fingerprint density at radius 1 is 1.09 bits per heavy atom. The lowest BCUT2D eigenvalue weighted by Gasteiger charge is -2.18. The molecule has 0 fully saturated rings. The van der Waals surface area contributed by atoms with Gasteiger partial charge in [0.15, 0.2) is 11.5 Å². The first-order valence-electron chi connectivity index (χ1n) is 10.5. The molecule has 4 rings (SSSR count). The molecule has 174 valence electrons. The number of carbonyl (C=O) groups is 1. The van der Waals surface area contributed by atoms with Gasteiger partial charge in [0.25, 0.3) is 5.91 Å². The largest absolute Gasteiger partial charge is 0.493 e. The second kappa shape index (κ2) is 9.75. The van der Waals surface area contributed by atoms with Gasteiger partial charge in [0.2, 0.25) is 0 Å². The average molecular weight is 506 g/mol. The van der Waals surface area contributed by atoms with Gasteiger partial charge in [0.05, 0.1) is 30.9 Å². The Morgan fingerprint density at radius 3 is 2.52 bits per heavy atom. The summed E-state index contributed by atoms with van der Waals surface area (Å²) in [5.74, 6) is 1.18. The van der Waals surface area contributed by atoms with Crippen LogP contribution in [0.1, 0.15) is 28.6 Å². The van der Waals surface area contributed by atoms with Crippen molar-refractivity contribution in [3.8, 4) is 21.9 Å². The summed E-state index contributed by atoms with van der Waals surface area (Å²) in [5, 5.41) is 0.678. The zero-order valence-corrected chi connectivity index (χ0v) is 20.7. The molecule has 1 amide bonds. The van der Waals surface area contributed by atoms with Crippen LogP contribution in [0.5, 0.6) is 11.5 Å². The molecule has 9 heteroatoms. The number of benzene rings is 2. The third-order valence-corrected chi connectivity index (χ3v) is 8.72. The molecule has 1 aliphatic rings. The third kappa shape index (κ3) is 5.18. The average Bonchev–Trinajstić information content (AvgIpc) is 3.36. The first-order valence-corrected chi connectivity index (χ1v) is 13.5. The number of methoxy groups -OCH3 is 1. The van der Waals surface area contributed by atoms with E-state index in [0.717, 1.165) is 20.9 Å². The molecular formula is C24H24ClNO5S2. The fourth-order valence-electron chi connectivity index (χ4n) is 3.61. The SMILES string of the molecule is CCS(=O)(=O)CCCOc1ccc(N2Cc3cc(-c4ccc(Cl)cc4)sc3C2=O)cc1OC. The second-order valence-electron chi connectivity index (χ2n) is 7.64. The predicted molar refractivity (Wildman–Crippen MR) is 133 cm³/mol. The molecule has 2 aromatic carbocycles.